The standard InChI is InChI=1S/C27H31N3O4/c1-33-27(32)25(24-12-13-28-18-24)29-26(31)23-10-8-21(9-11-23)3-2-20-4-6-22(7-5-20)19-30-14-16-34-17-15-30/h4-11,24-25,28H,12-19H2,1H3,(H,29,31). The average Bonchev–Trinajstić information content (AvgIpc) is 3.42. The topological polar surface area (TPSA) is 79.9 Å². The molecule has 4 rings (SSSR count). The van der Waals surface area contributed by atoms with Crippen LogP contribution in [0.15, 0.2) is 48.5 Å². The Bertz CT molecular complexity index is 1030. The Morgan fingerprint density at radius 2 is 1.74 bits per heavy atom. The van der Waals surface area contributed by atoms with Gasteiger partial charge >= 0.3 is 5.97 Å². The number of methoxy groups -OCH3 is 1. The number of morpholine rings is 1. The minimum absolute atomic E-state index is 0.0294. The van der Waals surface area contributed by atoms with Gasteiger partial charge in [-0.25, -0.2) is 4.79 Å². The molecule has 2 N–H and O–H groups in total. The third-order valence-corrected chi connectivity index (χ3v) is 6.27. The number of ether oxygens (including phenoxy) is 2. The van der Waals surface area contributed by atoms with Gasteiger partial charge in [-0.2, -0.15) is 0 Å². The summed E-state index contributed by atoms with van der Waals surface area (Å²) >= 11 is 0. The largest absolute Gasteiger partial charge is 0.467 e. The highest BCUT2D eigenvalue weighted by Gasteiger charge is 2.32. The van der Waals surface area contributed by atoms with Crippen molar-refractivity contribution in [1.82, 2.24) is 15.5 Å². The molecule has 0 aliphatic carbocycles. The fourth-order valence-corrected chi connectivity index (χ4v) is 4.24. The van der Waals surface area contributed by atoms with Crippen molar-refractivity contribution in [2.75, 3.05) is 46.5 Å². The van der Waals surface area contributed by atoms with Gasteiger partial charge in [0.05, 0.1) is 20.3 Å². The van der Waals surface area contributed by atoms with E-state index in [1.807, 2.05) is 24.3 Å². The molecule has 0 radical (unpaired) electrons. The molecule has 0 saturated carbocycles. The van der Waals surface area contributed by atoms with Crippen molar-refractivity contribution in [1.29, 1.82) is 0 Å². The zero-order valence-corrected chi connectivity index (χ0v) is 19.5. The summed E-state index contributed by atoms with van der Waals surface area (Å²) in [5, 5.41) is 6.06. The molecule has 2 atom stereocenters. The molecule has 0 bridgehead atoms. The van der Waals surface area contributed by atoms with Gasteiger partial charge in [-0.05, 0) is 54.9 Å². The van der Waals surface area contributed by atoms with Crippen LogP contribution in [0.2, 0.25) is 0 Å². The average molecular weight is 462 g/mol. The fraction of sp³-hybridized carbons (Fsp3) is 0.407. The van der Waals surface area contributed by atoms with Crippen molar-refractivity contribution < 1.29 is 19.1 Å². The number of rotatable bonds is 6. The molecule has 7 heteroatoms. The maximum Gasteiger partial charge on any atom is 0.328 e. The quantitative estimate of drug-likeness (QED) is 0.505. The van der Waals surface area contributed by atoms with Crippen LogP contribution in [0, 0.1) is 17.8 Å². The second-order valence-electron chi connectivity index (χ2n) is 8.64. The number of hydrogen-bond acceptors (Lipinski definition) is 6. The van der Waals surface area contributed by atoms with Gasteiger partial charge in [0.15, 0.2) is 0 Å². The number of nitrogens with one attached hydrogen (secondary N) is 2. The van der Waals surface area contributed by atoms with Gasteiger partial charge in [-0.15, -0.1) is 0 Å². The van der Waals surface area contributed by atoms with E-state index in [-0.39, 0.29) is 11.8 Å². The van der Waals surface area contributed by atoms with E-state index in [0.717, 1.165) is 56.9 Å². The number of hydrogen-bond donors (Lipinski definition) is 2. The summed E-state index contributed by atoms with van der Waals surface area (Å²) < 4.78 is 10.3. The zero-order chi connectivity index (χ0) is 23.8. The van der Waals surface area contributed by atoms with Crippen LogP contribution in [0.4, 0.5) is 0 Å². The minimum atomic E-state index is -0.654. The molecule has 178 valence electrons. The van der Waals surface area contributed by atoms with Crippen molar-refractivity contribution >= 4 is 11.9 Å². The fourth-order valence-electron chi connectivity index (χ4n) is 4.24. The van der Waals surface area contributed by atoms with E-state index in [0.29, 0.717) is 12.1 Å². The van der Waals surface area contributed by atoms with Crippen LogP contribution in [-0.4, -0.2) is 69.3 Å². The summed E-state index contributed by atoms with van der Waals surface area (Å²) in [5.41, 5.74) is 3.51. The molecule has 0 aromatic heterocycles. The highest BCUT2D eigenvalue weighted by Crippen LogP contribution is 2.15. The second-order valence-corrected chi connectivity index (χ2v) is 8.64. The Morgan fingerprint density at radius 3 is 2.32 bits per heavy atom. The molecule has 2 heterocycles. The molecule has 2 aromatic carbocycles. The van der Waals surface area contributed by atoms with E-state index in [1.54, 1.807) is 12.1 Å². The molecule has 0 spiro atoms. The molecular formula is C27H31N3O4. The lowest BCUT2D eigenvalue weighted by molar-refractivity contribution is -0.144. The van der Waals surface area contributed by atoms with E-state index in [9.17, 15) is 9.59 Å². The van der Waals surface area contributed by atoms with Crippen LogP contribution in [0.25, 0.3) is 0 Å². The molecule has 2 unspecified atom stereocenters. The predicted octanol–water partition coefficient (Wildman–Crippen LogP) is 1.80. The van der Waals surface area contributed by atoms with Crippen molar-refractivity contribution in [2.24, 2.45) is 5.92 Å². The Kier molecular flexibility index (Phi) is 8.31. The summed E-state index contributed by atoms with van der Waals surface area (Å²) in [7, 11) is 1.34. The predicted molar refractivity (Wildman–Crippen MR) is 129 cm³/mol. The number of benzene rings is 2. The summed E-state index contributed by atoms with van der Waals surface area (Å²) in [5.74, 6) is 5.65. The number of nitrogens with zero attached hydrogens (tertiary/aromatic N) is 1. The first-order valence-corrected chi connectivity index (χ1v) is 11.7. The molecule has 2 aromatic rings. The van der Waals surface area contributed by atoms with Gasteiger partial charge in [0.1, 0.15) is 6.04 Å². The molecule has 2 saturated heterocycles. The SMILES string of the molecule is COC(=O)C(NC(=O)c1ccc(C#Cc2ccc(CN3CCOCC3)cc2)cc1)C1CCNC1. The third-order valence-electron chi connectivity index (χ3n) is 6.27. The highest BCUT2D eigenvalue weighted by atomic mass is 16.5. The maximum absolute atomic E-state index is 12.7. The Balaban J connectivity index is 1.34. The van der Waals surface area contributed by atoms with Crippen molar-refractivity contribution in [3.63, 3.8) is 0 Å². The van der Waals surface area contributed by atoms with Crippen LogP contribution in [0.3, 0.4) is 0 Å². The zero-order valence-electron chi connectivity index (χ0n) is 19.5. The Hall–Kier alpha value is -3.18. The number of carbonyl (C=O) groups is 2. The van der Waals surface area contributed by atoms with Gasteiger partial charge in [0, 0.05) is 48.8 Å². The first kappa shape index (κ1) is 24.0. The normalized spacial score (nSPS) is 19.0. The second kappa shape index (κ2) is 11.8. The first-order valence-electron chi connectivity index (χ1n) is 11.7. The van der Waals surface area contributed by atoms with Gasteiger partial charge in [-0.1, -0.05) is 24.0 Å². The van der Waals surface area contributed by atoms with Crippen LogP contribution in [0.5, 0.6) is 0 Å². The van der Waals surface area contributed by atoms with E-state index in [2.05, 4.69) is 39.5 Å². The third kappa shape index (κ3) is 6.45. The summed E-state index contributed by atoms with van der Waals surface area (Å²) in [6.07, 6.45) is 0.822. The molecule has 2 aliphatic heterocycles. The number of carbonyl (C=O) groups excluding carboxylic acids is 2. The molecule has 2 fully saturated rings. The smallest absolute Gasteiger partial charge is 0.328 e. The number of esters is 1. The minimum Gasteiger partial charge on any atom is -0.467 e. The van der Waals surface area contributed by atoms with Crippen molar-refractivity contribution in [3.05, 3.63) is 70.8 Å². The van der Waals surface area contributed by atoms with Crippen LogP contribution < -0.4 is 10.6 Å². The lowest BCUT2D eigenvalue weighted by Gasteiger charge is -2.26. The Morgan fingerprint density at radius 1 is 1.09 bits per heavy atom. The van der Waals surface area contributed by atoms with E-state index in [4.69, 9.17) is 9.47 Å². The monoisotopic (exact) mass is 461 g/mol. The molecule has 1 amide bonds. The van der Waals surface area contributed by atoms with Crippen LogP contribution >= 0.6 is 0 Å². The molecule has 34 heavy (non-hydrogen) atoms. The number of amides is 1. The first-order chi connectivity index (χ1) is 16.6. The summed E-state index contributed by atoms with van der Waals surface area (Å²) in [4.78, 5) is 27.3. The van der Waals surface area contributed by atoms with E-state index >= 15 is 0 Å². The van der Waals surface area contributed by atoms with E-state index in [1.165, 1.54) is 12.7 Å². The van der Waals surface area contributed by atoms with Crippen molar-refractivity contribution in [2.45, 2.75) is 19.0 Å². The van der Waals surface area contributed by atoms with Gasteiger partial charge in [0.2, 0.25) is 0 Å². The Labute approximate surface area is 200 Å². The molecule has 2 aliphatic rings. The molecular weight excluding hydrogens is 430 g/mol. The lowest BCUT2D eigenvalue weighted by Crippen LogP contribution is -2.47. The van der Waals surface area contributed by atoms with Gasteiger partial charge < -0.3 is 20.1 Å². The van der Waals surface area contributed by atoms with Crippen molar-refractivity contribution in [3.8, 4) is 11.8 Å². The summed E-state index contributed by atoms with van der Waals surface area (Å²) in [6, 6.07) is 14.7. The molecule has 7 nitrogen and oxygen atoms in total. The maximum atomic E-state index is 12.7. The lowest BCUT2D eigenvalue weighted by atomic mass is 9.98. The van der Waals surface area contributed by atoms with Gasteiger partial charge in [0.25, 0.3) is 5.91 Å². The van der Waals surface area contributed by atoms with Crippen LogP contribution in [0.1, 0.15) is 33.5 Å². The summed E-state index contributed by atoms with van der Waals surface area (Å²) in [6.45, 7) is 5.98. The highest BCUT2D eigenvalue weighted by molar-refractivity contribution is 5.97. The van der Waals surface area contributed by atoms with Gasteiger partial charge in [-0.3, -0.25) is 9.69 Å². The van der Waals surface area contributed by atoms with Crippen LogP contribution in [-0.2, 0) is 20.8 Å². The van der Waals surface area contributed by atoms with E-state index < -0.39 is 12.0 Å².